The lowest BCUT2D eigenvalue weighted by Gasteiger charge is -2.32. The monoisotopic (exact) mass is 394 g/mol. The van der Waals surface area contributed by atoms with E-state index in [1.165, 1.54) is 9.80 Å². The minimum atomic E-state index is -0.626. The lowest BCUT2D eigenvalue weighted by molar-refractivity contribution is -1.00. The molecule has 0 radical (unpaired) electrons. The van der Waals surface area contributed by atoms with E-state index < -0.39 is 12.0 Å². The molecule has 0 unspecified atom stereocenters. The highest BCUT2D eigenvalue weighted by Crippen LogP contribution is 2.31. The van der Waals surface area contributed by atoms with E-state index in [0.717, 1.165) is 26.2 Å². The number of hydrogen-bond acceptors (Lipinski definition) is 3. The average Bonchev–Trinajstić information content (AvgIpc) is 2.63. The normalized spacial score (nSPS) is 25.6. The highest BCUT2D eigenvalue weighted by atomic mass is 35.5. The summed E-state index contributed by atoms with van der Waals surface area (Å²) in [5.41, 5.74) is 1.74. The van der Waals surface area contributed by atoms with Gasteiger partial charge in [0, 0.05) is 5.02 Å². The van der Waals surface area contributed by atoms with Gasteiger partial charge in [-0.05, 0) is 18.6 Å². The summed E-state index contributed by atoms with van der Waals surface area (Å²) >= 11 is 6.35. The SMILES string of the molecule is CCOC(=O)C1=C(C[NH+]2CC[NH+](C)CC2)NC(=O)N[C@@H]1c1ccccc1Cl. The number of ether oxygens (including phenoxy) is 1. The Balaban J connectivity index is 1.97. The van der Waals surface area contributed by atoms with E-state index in [4.69, 9.17) is 16.3 Å². The molecule has 1 fully saturated rings. The predicted octanol–water partition coefficient (Wildman–Crippen LogP) is -1.08. The first kappa shape index (κ1) is 19.7. The van der Waals surface area contributed by atoms with E-state index in [9.17, 15) is 9.59 Å². The number of esters is 1. The summed E-state index contributed by atoms with van der Waals surface area (Å²) in [5, 5.41) is 6.17. The van der Waals surface area contributed by atoms with Crippen molar-refractivity contribution in [2.45, 2.75) is 13.0 Å². The van der Waals surface area contributed by atoms with Crippen molar-refractivity contribution in [3.8, 4) is 0 Å². The Kier molecular flexibility index (Phi) is 6.36. The van der Waals surface area contributed by atoms with Crippen LogP contribution in [0.3, 0.4) is 0 Å². The minimum absolute atomic E-state index is 0.267. The summed E-state index contributed by atoms with van der Waals surface area (Å²) < 4.78 is 5.30. The van der Waals surface area contributed by atoms with Crippen LogP contribution in [0.4, 0.5) is 4.79 Å². The average molecular weight is 395 g/mol. The third-order valence-electron chi connectivity index (χ3n) is 5.10. The van der Waals surface area contributed by atoms with Crippen LogP contribution in [-0.2, 0) is 9.53 Å². The first-order valence-electron chi connectivity index (χ1n) is 9.36. The molecular weight excluding hydrogens is 368 g/mol. The molecule has 8 heteroatoms. The highest BCUT2D eigenvalue weighted by Gasteiger charge is 2.36. The number of quaternary nitrogens is 2. The van der Waals surface area contributed by atoms with Gasteiger partial charge in [0.05, 0.1) is 31.0 Å². The molecule has 1 aromatic rings. The van der Waals surface area contributed by atoms with Gasteiger partial charge in [-0.3, -0.25) is 0 Å². The molecule has 2 aliphatic rings. The van der Waals surface area contributed by atoms with Crippen molar-refractivity contribution in [2.75, 3.05) is 46.4 Å². The quantitative estimate of drug-likeness (QED) is 0.480. The number of piperazine rings is 1. The summed E-state index contributed by atoms with van der Waals surface area (Å²) in [5.74, 6) is -0.427. The number of benzene rings is 1. The lowest BCUT2D eigenvalue weighted by atomic mass is 9.95. The summed E-state index contributed by atoms with van der Waals surface area (Å²) in [6, 6.07) is 6.27. The van der Waals surface area contributed by atoms with E-state index in [1.807, 2.05) is 18.2 Å². The predicted molar refractivity (Wildman–Crippen MR) is 102 cm³/mol. The van der Waals surface area contributed by atoms with E-state index in [1.54, 1.807) is 13.0 Å². The molecule has 2 amide bonds. The molecule has 1 saturated heterocycles. The van der Waals surface area contributed by atoms with Gasteiger partial charge < -0.3 is 25.2 Å². The highest BCUT2D eigenvalue weighted by molar-refractivity contribution is 6.31. The Morgan fingerprint density at radius 2 is 1.96 bits per heavy atom. The van der Waals surface area contributed by atoms with Gasteiger partial charge in [0.2, 0.25) is 0 Å². The Labute approximate surface area is 164 Å². The molecular formula is C19H27ClN4O3+2. The Hall–Kier alpha value is -2.09. The standard InChI is InChI=1S/C19H25ClN4O3/c1-3-27-18(25)16-15(12-24-10-8-23(2)9-11-24)21-19(26)22-17(16)13-6-4-5-7-14(13)20/h4-7,17H,3,8-12H2,1-2H3,(H2,21,22,26)/p+2/t17-/m1/s1. The van der Waals surface area contributed by atoms with E-state index >= 15 is 0 Å². The van der Waals surface area contributed by atoms with Gasteiger partial charge in [0.1, 0.15) is 32.7 Å². The minimum Gasteiger partial charge on any atom is -0.463 e. The van der Waals surface area contributed by atoms with Crippen molar-refractivity contribution in [3.05, 3.63) is 46.1 Å². The second kappa shape index (κ2) is 8.73. The fourth-order valence-corrected chi connectivity index (χ4v) is 3.85. The van der Waals surface area contributed by atoms with Gasteiger partial charge in [-0.15, -0.1) is 0 Å². The van der Waals surface area contributed by atoms with Gasteiger partial charge >= 0.3 is 12.0 Å². The van der Waals surface area contributed by atoms with Crippen LogP contribution in [0.1, 0.15) is 18.5 Å². The Morgan fingerprint density at radius 3 is 2.63 bits per heavy atom. The third kappa shape index (κ3) is 4.61. The molecule has 27 heavy (non-hydrogen) atoms. The van der Waals surface area contributed by atoms with Crippen LogP contribution in [0.5, 0.6) is 0 Å². The van der Waals surface area contributed by atoms with Crippen LogP contribution < -0.4 is 20.4 Å². The van der Waals surface area contributed by atoms with Crippen molar-refractivity contribution >= 4 is 23.6 Å². The molecule has 0 aromatic heterocycles. The molecule has 2 aliphatic heterocycles. The maximum atomic E-state index is 12.8. The zero-order chi connectivity index (χ0) is 19.4. The summed E-state index contributed by atoms with van der Waals surface area (Å²) in [7, 11) is 2.18. The van der Waals surface area contributed by atoms with E-state index in [0.29, 0.717) is 28.4 Å². The molecule has 2 heterocycles. The van der Waals surface area contributed by atoms with Crippen LogP contribution in [0.2, 0.25) is 5.02 Å². The maximum absolute atomic E-state index is 12.8. The molecule has 0 spiro atoms. The van der Waals surface area contributed by atoms with Crippen molar-refractivity contribution in [2.24, 2.45) is 0 Å². The number of nitrogens with one attached hydrogen (secondary N) is 4. The van der Waals surface area contributed by atoms with Crippen molar-refractivity contribution in [1.29, 1.82) is 0 Å². The molecule has 0 aliphatic carbocycles. The first-order valence-corrected chi connectivity index (χ1v) is 9.74. The number of carbonyl (C=O) groups excluding carboxylic acids is 2. The molecule has 0 saturated carbocycles. The molecule has 4 N–H and O–H groups in total. The molecule has 1 atom stereocenters. The maximum Gasteiger partial charge on any atom is 0.338 e. The van der Waals surface area contributed by atoms with Crippen LogP contribution in [0.25, 0.3) is 0 Å². The van der Waals surface area contributed by atoms with Crippen molar-refractivity contribution in [1.82, 2.24) is 10.6 Å². The van der Waals surface area contributed by atoms with Crippen LogP contribution >= 0.6 is 11.6 Å². The molecule has 3 rings (SSSR count). The lowest BCUT2D eigenvalue weighted by Crippen LogP contribution is -3.27. The van der Waals surface area contributed by atoms with Gasteiger partial charge in [-0.2, -0.15) is 0 Å². The van der Waals surface area contributed by atoms with Gasteiger partial charge in [0.15, 0.2) is 0 Å². The number of urea groups is 1. The Bertz CT molecular complexity index is 744. The fraction of sp³-hybridized carbons (Fsp3) is 0.474. The molecule has 7 nitrogen and oxygen atoms in total. The topological polar surface area (TPSA) is 76.3 Å². The van der Waals surface area contributed by atoms with Crippen molar-refractivity contribution in [3.63, 3.8) is 0 Å². The number of hydrogen-bond donors (Lipinski definition) is 4. The van der Waals surface area contributed by atoms with Crippen LogP contribution in [-0.4, -0.2) is 58.4 Å². The third-order valence-corrected chi connectivity index (χ3v) is 5.45. The summed E-state index contributed by atoms with van der Waals surface area (Å²) in [6.07, 6.45) is 0. The second-order valence-electron chi connectivity index (χ2n) is 7.05. The van der Waals surface area contributed by atoms with E-state index in [-0.39, 0.29) is 12.6 Å². The molecule has 146 valence electrons. The van der Waals surface area contributed by atoms with Gasteiger partial charge in [-0.1, -0.05) is 29.8 Å². The number of likely N-dealkylation sites (N-methyl/N-ethyl adjacent to an activating group) is 1. The van der Waals surface area contributed by atoms with Gasteiger partial charge in [0.25, 0.3) is 0 Å². The van der Waals surface area contributed by atoms with Crippen LogP contribution in [0, 0.1) is 0 Å². The number of carbonyl (C=O) groups is 2. The number of halogens is 1. The summed E-state index contributed by atoms with van der Waals surface area (Å²) in [6.45, 7) is 6.73. The largest absolute Gasteiger partial charge is 0.463 e. The smallest absolute Gasteiger partial charge is 0.338 e. The first-order chi connectivity index (χ1) is 13.0. The zero-order valence-electron chi connectivity index (χ0n) is 15.7. The Morgan fingerprint density at radius 1 is 1.26 bits per heavy atom. The molecule has 0 bridgehead atoms. The molecule has 1 aromatic carbocycles. The second-order valence-corrected chi connectivity index (χ2v) is 7.46. The van der Waals surface area contributed by atoms with Crippen molar-refractivity contribution < 1.29 is 24.1 Å². The number of amides is 2. The van der Waals surface area contributed by atoms with E-state index in [2.05, 4.69) is 17.7 Å². The van der Waals surface area contributed by atoms with Gasteiger partial charge in [-0.25, -0.2) is 9.59 Å². The van der Waals surface area contributed by atoms with Crippen LogP contribution in [0.15, 0.2) is 35.5 Å². The zero-order valence-corrected chi connectivity index (χ0v) is 16.5. The fourth-order valence-electron chi connectivity index (χ4n) is 3.61. The summed E-state index contributed by atoms with van der Waals surface area (Å²) in [4.78, 5) is 27.9. The number of rotatable bonds is 5.